The third kappa shape index (κ3) is 12.4. The van der Waals surface area contributed by atoms with Gasteiger partial charge in [-0.2, -0.15) is 0 Å². The summed E-state index contributed by atoms with van der Waals surface area (Å²) in [7, 11) is 1.37. The zero-order valence-electron chi connectivity index (χ0n) is 18.7. The molecule has 0 saturated heterocycles. The number of carbonyl (C=O) groups excluding carboxylic acids is 1. The van der Waals surface area contributed by atoms with E-state index in [1.165, 1.54) is 63.7 Å². The molecule has 0 unspecified atom stereocenters. The molecule has 0 saturated carbocycles. The minimum absolute atomic E-state index is 0. The smallest absolute Gasteiger partial charge is 0.330 e. The number of benzene rings is 1. The second-order valence-corrected chi connectivity index (χ2v) is 6.89. The van der Waals surface area contributed by atoms with E-state index in [1.54, 1.807) is 6.08 Å². The van der Waals surface area contributed by atoms with Crippen LogP contribution in [0.5, 0.6) is 0 Å². The number of methoxy groups -OCH3 is 1. The molecule has 0 aliphatic heterocycles. The van der Waals surface area contributed by atoms with E-state index in [9.17, 15) is 4.79 Å². The lowest BCUT2D eigenvalue weighted by Crippen LogP contribution is -2.06. The predicted octanol–water partition coefficient (Wildman–Crippen LogP) is 7.54. The van der Waals surface area contributed by atoms with Gasteiger partial charge in [0.25, 0.3) is 0 Å². The lowest BCUT2D eigenvalue weighted by Gasteiger charge is -2.14. The number of allylic oxidation sites excluding steroid dienone is 1. The summed E-state index contributed by atoms with van der Waals surface area (Å²) in [6.07, 6.45) is 13.8. The van der Waals surface area contributed by atoms with Crippen LogP contribution >= 0.6 is 0 Å². The molecule has 0 amide bonds. The number of hydrogen-bond acceptors (Lipinski definition) is 3. The van der Waals surface area contributed by atoms with Crippen LogP contribution in [0.25, 0.3) is 0 Å². The van der Waals surface area contributed by atoms with E-state index in [0.29, 0.717) is 0 Å². The van der Waals surface area contributed by atoms with E-state index < -0.39 is 0 Å². The van der Waals surface area contributed by atoms with Gasteiger partial charge in [0.2, 0.25) is 0 Å². The van der Waals surface area contributed by atoms with Gasteiger partial charge in [-0.1, -0.05) is 91.0 Å². The average molecular weight is 390 g/mol. The Balaban J connectivity index is 0. The van der Waals surface area contributed by atoms with E-state index >= 15 is 0 Å². The minimum Gasteiger partial charge on any atom is -0.466 e. The number of nitrogens with one attached hydrogen (secondary N) is 1. The van der Waals surface area contributed by atoms with Crippen LogP contribution in [0.1, 0.15) is 79.6 Å². The van der Waals surface area contributed by atoms with Gasteiger partial charge in [-0.3, -0.25) is 0 Å². The molecule has 1 aromatic rings. The Kier molecular flexibility index (Phi) is 15.9. The zero-order chi connectivity index (χ0) is 21.2. The number of ether oxygens (including phenoxy) is 1. The molecule has 1 atom stereocenters. The fraction of sp³-hybridized carbons (Fsp3) is 0.560. The lowest BCUT2D eigenvalue weighted by molar-refractivity contribution is -0.134. The summed E-state index contributed by atoms with van der Waals surface area (Å²) in [5.74, 6) is -0.305. The number of hydrogen-bond donors (Lipinski definition) is 1. The van der Waals surface area contributed by atoms with Gasteiger partial charge in [-0.25, -0.2) is 4.79 Å². The highest BCUT2D eigenvalue weighted by Gasteiger charge is 2.05. The monoisotopic (exact) mass is 389 g/mol. The van der Waals surface area contributed by atoms with Crippen molar-refractivity contribution in [3.8, 4) is 0 Å². The first-order valence-corrected chi connectivity index (χ1v) is 10.9. The first kappa shape index (κ1) is 26.0. The summed E-state index contributed by atoms with van der Waals surface area (Å²) in [6, 6.07) is 8.56. The molecule has 0 bridgehead atoms. The highest BCUT2D eigenvalue weighted by Crippen LogP contribution is 2.18. The summed E-state index contributed by atoms with van der Waals surface area (Å²) < 4.78 is 4.60. The van der Waals surface area contributed by atoms with Crippen molar-refractivity contribution < 1.29 is 11.0 Å². The Bertz CT molecular complexity index is 567. The number of carbonyl (C=O) groups is 1. The van der Waals surface area contributed by atoms with Gasteiger partial charge in [-0.05, 0) is 30.5 Å². The summed E-state index contributed by atoms with van der Waals surface area (Å²) >= 11 is 0. The van der Waals surface area contributed by atoms with Crippen molar-refractivity contribution in [2.24, 2.45) is 5.92 Å². The van der Waals surface area contributed by atoms with Crippen LogP contribution < -0.4 is 5.32 Å². The van der Waals surface area contributed by atoms with Crippen LogP contribution in [0.15, 0.2) is 48.7 Å². The number of aryl methyl sites for hydroxylation is 1. The molecule has 28 heavy (non-hydrogen) atoms. The molecule has 160 valence electrons. The molecule has 3 nitrogen and oxygen atoms in total. The Morgan fingerprint density at radius 3 is 2.25 bits per heavy atom. The second kappa shape index (κ2) is 17.1. The largest absolute Gasteiger partial charge is 0.466 e. The summed E-state index contributed by atoms with van der Waals surface area (Å²) in [4.78, 5) is 11.1. The maximum absolute atomic E-state index is 11.1. The molecule has 1 aromatic carbocycles. The third-order valence-electron chi connectivity index (χ3n) is 4.60. The highest BCUT2D eigenvalue weighted by atomic mass is 16.5. The topological polar surface area (TPSA) is 38.3 Å². The predicted molar refractivity (Wildman–Crippen MR) is 125 cm³/mol. The van der Waals surface area contributed by atoms with E-state index in [2.05, 4.69) is 47.8 Å². The zero-order valence-corrected chi connectivity index (χ0v) is 18.7. The number of esters is 1. The van der Waals surface area contributed by atoms with Gasteiger partial charge in [0, 0.05) is 24.8 Å². The number of unbranched alkanes of at least 4 members (excludes halogenated alkanes) is 6. The maximum Gasteiger partial charge on any atom is 0.330 e. The molecule has 0 radical (unpaired) electrons. The summed E-state index contributed by atoms with van der Waals surface area (Å²) in [5, 5.41) is 3.31. The normalized spacial score (nSPS) is 11.5. The van der Waals surface area contributed by atoms with Crippen molar-refractivity contribution >= 4 is 11.7 Å². The molecule has 0 aromatic heterocycles. The van der Waals surface area contributed by atoms with E-state index in [-0.39, 0.29) is 13.3 Å². The van der Waals surface area contributed by atoms with Crippen molar-refractivity contribution in [3.05, 3.63) is 54.3 Å². The molecule has 0 aliphatic carbocycles. The molecule has 1 N–H and O–H groups in total. The Hall–Kier alpha value is -2.03. The van der Waals surface area contributed by atoms with Crippen LogP contribution in [0.4, 0.5) is 5.69 Å². The van der Waals surface area contributed by atoms with Crippen LogP contribution in [0.3, 0.4) is 0 Å². The Morgan fingerprint density at radius 1 is 1.11 bits per heavy atom. The number of rotatable bonds is 13. The van der Waals surface area contributed by atoms with Gasteiger partial charge in [-0.15, -0.1) is 0 Å². The molecular formula is C25H43NO2. The van der Waals surface area contributed by atoms with Crippen molar-refractivity contribution in [3.63, 3.8) is 0 Å². The van der Waals surface area contributed by atoms with E-state index in [0.717, 1.165) is 17.8 Å². The molecular weight excluding hydrogens is 346 g/mol. The molecule has 0 heterocycles. The van der Waals surface area contributed by atoms with Gasteiger partial charge >= 0.3 is 5.97 Å². The molecule has 0 aliphatic rings. The maximum atomic E-state index is 11.1. The Morgan fingerprint density at radius 2 is 1.68 bits per heavy atom. The van der Waals surface area contributed by atoms with Gasteiger partial charge in [0.05, 0.1) is 7.11 Å². The van der Waals surface area contributed by atoms with Crippen molar-refractivity contribution in [1.29, 1.82) is 0 Å². The third-order valence-corrected chi connectivity index (χ3v) is 4.60. The van der Waals surface area contributed by atoms with E-state index in [1.807, 2.05) is 20.8 Å². The van der Waals surface area contributed by atoms with Crippen LogP contribution in [-0.2, 0) is 16.0 Å². The highest BCUT2D eigenvalue weighted by molar-refractivity contribution is 5.81. The first-order chi connectivity index (χ1) is 13.6. The standard InChI is InChI=1S/C23H35NO2.C2H6.H2/c1-5-6-7-8-9-10-11-12-21-14-16-22(17-15-21)24-20(3)19(2)13-18-23(25)26-4;1-2;/h13-19,24H,3,5-12H2,1-2,4H3;1-2H3;1H/b18-13+;;/t19-;;/m0../s1. The SMILES string of the molecule is C=C(Nc1ccc(CCCCCCCCC)cc1)[C@@H](C)/C=C/C(=O)OC.CC.[HH]. The number of anilines is 1. The van der Waals surface area contributed by atoms with Crippen LogP contribution in [0, 0.1) is 5.92 Å². The lowest BCUT2D eigenvalue weighted by atomic mass is 10.0. The Labute approximate surface area is 174 Å². The van der Waals surface area contributed by atoms with Gasteiger partial charge in [0.1, 0.15) is 0 Å². The quantitative estimate of drug-likeness (QED) is 0.215. The summed E-state index contributed by atoms with van der Waals surface area (Å²) in [6.45, 7) is 12.3. The van der Waals surface area contributed by atoms with Crippen molar-refractivity contribution in [1.82, 2.24) is 0 Å². The van der Waals surface area contributed by atoms with Gasteiger partial charge in [0.15, 0.2) is 0 Å². The fourth-order valence-corrected chi connectivity index (χ4v) is 2.75. The van der Waals surface area contributed by atoms with Crippen molar-refractivity contribution in [2.45, 2.75) is 79.1 Å². The summed E-state index contributed by atoms with van der Waals surface area (Å²) in [5.41, 5.74) is 3.26. The first-order valence-electron chi connectivity index (χ1n) is 10.9. The average Bonchev–Trinajstić information content (AvgIpc) is 2.73. The second-order valence-electron chi connectivity index (χ2n) is 6.89. The fourth-order valence-electron chi connectivity index (χ4n) is 2.75. The molecule has 0 spiro atoms. The van der Waals surface area contributed by atoms with E-state index in [4.69, 9.17) is 0 Å². The van der Waals surface area contributed by atoms with Crippen molar-refractivity contribution in [2.75, 3.05) is 12.4 Å². The molecule has 0 fully saturated rings. The molecule has 1 rings (SSSR count). The van der Waals surface area contributed by atoms with Crippen LogP contribution in [0.2, 0.25) is 0 Å². The van der Waals surface area contributed by atoms with Gasteiger partial charge < -0.3 is 10.1 Å². The van der Waals surface area contributed by atoms with Crippen LogP contribution in [-0.4, -0.2) is 13.1 Å². The minimum atomic E-state index is -0.348. The molecule has 3 heteroatoms.